The lowest BCUT2D eigenvalue weighted by atomic mass is 10.1. The highest BCUT2D eigenvalue weighted by molar-refractivity contribution is 7.89. The Morgan fingerprint density at radius 2 is 1.94 bits per heavy atom. The molecule has 0 spiro atoms. The van der Waals surface area contributed by atoms with Crippen LogP contribution in [-0.4, -0.2) is 32.0 Å². The summed E-state index contributed by atoms with van der Waals surface area (Å²) in [5.74, 6) is 0.702. The number of pyridine rings is 1. The quantitative estimate of drug-likeness (QED) is 0.329. The Labute approximate surface area is 191 Å². The molecule has 2 aromatic heterocycles. The van der Waals surface area contributed by atoms with E-state index in [1.54, 1.807) is 37.7 Å². The summed E-state index contributed by atoms with van der Waals surface area (Å²) in [6.07, 6.45) is 5.20. The lowest BCUT2D eigenvalue weighted by Crippen LogP contribution is -2.24. The van der Waals surface area contributed by atoms with Crippen LogP contribution in [0.15, 0.2) is 65.8 Å². The Kier molecular flexibility index (Phi) is 6.69. The number of fused-ring (bicyclic) bond motifs is 1. The Morgan fingerprint density at radius 3 is 2.75 bits per heavy atom. The van der Waals surface area contributed by atoms with Crippen LogP contribution in [0.4, 0.5) is 10.8 Å². The molecule has 0 bridgehead atoms. The van der Waals surface area contributed by atoms with Gasteiger partial charge in [0.25, 0.3) is 0 Å². The van der Waals surface area contributed by atoms with Gasteiger partial charge >= 0.3 is 0 Å². The van der Waals surface area contributed by atoms with Crippen LogP contribution >= 0.6 is 11.3 Å². The molecule has 0 amide bonds. The van der Waals surface area contributed by atoms with Gasteiger partial charge in [-0.3, -0.25) is 4.98 Å². The fourth-order valence-electron chi connectivity index (χ4n) is 3.18. The van der Waals surface area contributed by atoms with Crippen LogP contribution in [-0.2, 0) is 10.0 Å². The molecule has 0 aliphatic carbocycles. The lowest BCUT2D eigenvalue weighted by molar-refractivity contribution is 0.413. The van der Waals surface area contributed by atoms with Crippen molar-refractivity contribution in [3.63, 3.8) is 0 Å². The Balaban J connectivity index is 1.56. The van der Waals surface area contributed by atoms with Crippen LogP contribution in [0, 0.1) is 0 Å². The molecule has 166 valence electrons. The monoisotopic (exact) mass is 468 g/mol. The molecule has 9 heteroatoms. The van der Waals surface area contributed by atoms with Crippen molar-refractivity contribution in [2.45, 2.75) is 24.7 Å². The number of rotatable bonds is 9. The molecule has 4 aromatic rings. The number of nitrogens with one attached hydrogen (secondary N) is 2. The summed E-state index contributed by atoms with van der Waals surface area (Å²) in [5, 5.41) is 3.92. The van der Waals surface area contributed by atoms with E-state index in [0.717, 1.165) is 34.2 Å². The highest BCUT2D eigenvalue weighted by Gasteiger charge is 2.14. The van der Waals surface area contributed by atoms with E-state index in [1.165, 1.54) is 11.3 Å². The van der Waals surface area contributed by atoms with Gasteiger partial charge in [0.15, 0.2) is 5.13 Å². The standard InChI is InChI=1S/C23H24N4O3S2/c1-3-4-10-25-32(28,29)20-7-5-6-18(13-20)26-23-27-21-9-8-16(12-22(21)31-23)17-11-19(30-2)15-24-14-17/h5-9,11-15,25H,3-4,10H2,1-2H3,(H,26,27). The molecular weight excluding hydrogens is 444 g/mol. The van der Waals surface area contributed by atoms with Gasteiger partial charge in [-0.05, 0) is 48.4 Å². The summed E-state index contributed by atoms with van der Waals surface area (Å²) in [4.78, 5) is 9.08. The third-order valence-electron chi connectivity index (χ3n) is 4.89. The number of benzene rings is 2. The largest absolute Gasteiger partial charge is 0.495 e. The van der Waals surface area contributed by atoms with Crippen molar-refractivity contribution in [3.8, 4) is 16.9 Å². The molecule has 2 N–H and O–H groups in total. The number of sulfonamides is 1. The van der Waals surface area contributed by atoms with Crippen molar-refractivity contribution in [3.05, 3.63) is 60.9 Å². The topological polar surface area (TPSA) is 93.2 Å². The molecule has 0 saturated carbocycles. The Hall–Kier alpha value is -3.01. The number of thiazole rings is 1. The van der Waals surface area contributed by atoms with Crippen molar-refractivity contribution in [2.24, 2.45) is 0 Å². The van der Waals surface area contributed by atoms with Gasteiger partial charge in [0.1, 0.15) is 5.75 Å². The normalized spacial score (nSPS) is 11.6. The van der Waals surface area contributed by atoms with Crippen molar-refractivity contribution in [2.75, 3.05) is 19.0 Å². The first-order valence-electron chi connectivity index (χ1n) is 10.3. The SMILES string of the molecule is CCCCNS(=O)(=O)c1cccc(Nc2nc3ccc(-c4cncc(OC)c4)cc3s2)c1. The number of hydrogen-bond acceptors (Lipinski definition) is 7. The molecule has 0 fully saturated rings. The smallest absolute Gasteiger partial charge is 0.240 e. The lowest BCUT2D eigenvalue weighted by Gasteiger charge is -2.08. The van der Waals surface area contributed by atoms with E-state index in [1.807, 2.05) is 31.2 Å². The summed E-state index contributed by atoms with van der Waals surface area (Å²) in [6.45, 7) is 2.45. The maximum absolute atomic E-state index is 12.5. The molecular formula is C23H24N4O3S2. The molecule has 2 aromatic carbocycles. The molecule has 0 unspecified atom stereocenters. The van der Waals surface area contributed by atoms with E-state index in [0.29, 0.717) is 23.1 Å². The van der Waals surface area contributed by atoms with Gasteiger partial charge in [-0.2, -0.15) is 0 Å². The van der Waals surface area contributed by atoms with Crippen LogP contribution in [0.25, 0.3) is 21.3 Å². The number of ether oxygens (including phenoxy) is 1. The average molecular weight is 469 g/mol. The van der Waals surface area contributed by atoms with Crippen LogP contribution in [0.3, 0.4) is 0 Å². The fourth-order valence-corrected chi connectivity index (χ4v) is 5.22. The zero-order valence-electron chi connectivity index (χ0n) is 17.8. The molecule has 0 saturated heterocycles. The number of nitrogens with zero attached hydrogens (tertiary/aromatic N) is 2. The number of unbranched alkanes of at least 4 members (excludes halogenated alkanes) is 1. The number of aromatic nitrogens is 2. The molecule has 4 rings (SSSR count). The van der Waals surface area contributed by atoms with Gasteiger partial charge in [-0.25, -0.2) is 18.1 Å². The zero-order chi connectivity index (χ0) is 22.6. The second kappa shape index (κ2) is 9.64. The van der Waals surface area contributed by atoms with Crippen LogP contribution in [0.1, 0.15) is 19.8 Å². The van der Waals surface area contributed by atoms with Crippen molar-refractivity contribution >= 4 is 42.4 Å². The first-order chi connectivity index (χ1) is 15.5. The number of hydrogen-bond donors (Lipinski definition) is 2. The first-order valence-corrected chi connectivity index (χ1v) is 12.6. The second-order valence-corrected chi connectivity index (χ2v) is 10.0. The van der Waals surface area contributed by atoms with E-state index < -0.39 is 10.0 Å². The second-order valence-electron chi connectivity index (χ2n) is 7.22. The van der Waals surface area contributed by atoms with Crippen LogP contribution in [0.2, 0.25) is 0 Å². The van der Waals surface area contributed by atoms with Crippen molar-refractivity contribution in [1.29, 1.82) is 0 Å². The molecule has 2 heterocycles. The molecule has 0 aliphatic heterocycles. The fraction of sp³-hybridized carbons (Fsp3) is 0.217. The van der Waals surface area contributed by atoms with Gasteiger partial charge in [0.2, 0.25) is 10.0 Å². The minimum Gasteiger partial charge on any atom is -0.495 e. The third-order valence-corrected chi connectivity index (χ3v) is 7.28. The minimum atomic E-state index is -3.54. The van der Waals surface area contributed by atoms with E-state index in [4.69, 9.17) is 4.74 Å². The summed E-state index contributed by atoms with van der Waals surface area (Å²) < 4.78 is 33.9. The first kappa shape index (κ1) is 22.2. The number of anilines is 2. The van der Waals surface area contributed by atoms with Crippen LogP contribution in [0.5, 0.6) is 5.75 Å². The predicted octanol–water partition coefficient (Wildman–Crippen LogP) is 5.19. The summed E-state index contributed by atoms with van der Waals surface area (Å²) in [6, 6.07) is 14.7. The molecule has 0 aliphatic rings. The summed E-state index contributed by atoms with van der Waals surface area (Å²) >= 11 is 1.50. The van der Waals surface area contributed by atoms with Crippen molar-refractivity contribution < 1.29 is 13.2 Å². The highest BCUT2D eigenvalue weighted by atomic mass is 32.2. The van der Waals surface area contributed by atoms with Crippen LogP contribution < -0.4 is 14.8 Å². The van der Waals surface area contributed by atoms with E-state index in [2.05, 4.69) is 26.1 Å². The number of methoxy groups -OCH3 is 1. The van der Waals surface area contributed by atoms with E-state index in [-0.39, 0.29) is 4.90 Å². The molecule has 0 radical (unpaired) electrons. The maximum atomic E-state index is 12.5. The average Bonchev–Trinajstić information content (AvgIpc) is 3.21. The van der Waals surface area contributed by atoms with Crippen molar-refractivity contribution in [1.82, 2.24) is 14.7 Å². The highest BCUT2D eigenvalue weighted by Crippen LogP contribution is 2.33. The molecule has 0 atom stereocenters. The van der Waals surface area contributed by atoms with E-state index >= 15 is 0 Å². The van der Waals surface area contributed by atoms with Gasteiger partial charge in [0, 0.05) is 24.0 Å². The van der Waals surface area contributed by atoms with Gasteiger partial charge in [-0.15, -0.1) is 0 Å². The van der Waals surface area contributed by atoms with Gasteiger partial charge in [-0.1, -0.05) is 36.8 Å². The summed E-state index contributed by atoms with van der Waals surface area (Å²) in [5.41, 5.74) is 3.51. The molecule has 32 heavy (non-hydrogen) atoms. The molecule has 7 nitrogen and oxygen atoms in total. The Morgan fingerprint density at radius 1 is 1.06 bits per heavy atom. The van der Waals surface area contributed by atoms with E-state index in [9.17, 15) is 8.42 Å². The summed E-state index contributed by atoms with van der Waals surface area (Å²) in [7, 11) is -1.92. The predicted molar refractivity (Wildman–Crippen MR) is 129 cm³/mol. The third kappa shape index (κ3) is 5.07. The maximum Gasteiger partial charge on any atom is 0.240 e. The van der Waals surface area contributed by atoms with Gasteiger partial charge in [0.05, 0.1) is 28.4 Å². The minimum absolute atomic E-state index is 0.229. The van der Waals surface area contributed by atoms with Gasteiger partial charge < -0.3 is 10.1 Å². The zero-order valence-corrected chi connectivity index (χ0v) is 19.5. The Bertz CT molecular complexity index is 1340.